The molecule has 2 rings (SSSR count). The zero-order valence-electron chi connectivity index (χ0n) is 21.5. The van der Waals surface area contributed by atoms with Gasteiger partial charge >= 0.3 is 0 Å². The zero-order chi connectivity index (χ0) is 23.9. The largest absolute Gasteiger partial charge is 0.496 e. The first-order valence-corrected chi connectivity index (χ1v) is 11.9. The Morgan fingerprint density at radius 1 is 1.00 bits per heavy atom. The fourth-order valence-corrected chi connectivity index (χ4v) is 4.23. The van der Waals surface area contributed by atoms with E-state index in [2.05, 4.69) is 52.8 Å². The number of carbonyl (C=O) groups excluding carboxylic acids is 1. The predicted octanol–water partition coefficient (Wildman–Crippen LogP) is 8.24. The number of rotatable bonds is 10. The highest BCUT2D eigenvalue weighted by Crippen LogP contribution is 2.42. The van der Waals surface area contributed by atoms with Crippen LogP contribution in [0.15, 0.2) is 41.0 Å². The SMILES string of the molecule is COc1cc2c(c(C)c1C)OC(C)(CC/C=C(\C)CC/C=C(\C)CCC=C(C)C)CC2=O. The van der Waals surface area contributed by atoms with Gasteiger partial charge in [0, 0.05) is 0 Å². The first-order valence-electron chi connectivity index (χ1n) is 11.9. The van der Waals surface area contributed by atoms with Crippen molar-refractivity contribution in [2.24, 2.45) is 0 Å². The Kier molecular flexibility index (Phi) is 9.36. The molecule has 0 spiro atoms. The highest BCUT2D eigenvalue weighted by atomic mass is 16.5. The van der Waals surface area contributed by atoms with Crippen molar-refractivity contribution >= 4 is 5.78 Å². The summed E-state index contributed by atoms with van der Waals surface area (Å²) in [6, 6.07) is 1.83. The van der Waals surface area contributed by atoms with Crippen LogP contribution < -0.4 is 9.47 Å². The average molecular weight is 439 g/mol. The van der Waals surface area contributed by atoms with Crippen LogP contribution in [0.5, 0.6) is 11.5 Å². The molecule has 1 aromatic rings. The Morgan fingerprint density at radius 2 is 1.59 bits per heavy atom. The molecule has 1 aromatic carbocycles. The summed E-state index contributed by atoms with van der Waals surface area (Å²) in [5, 5.41) is 0. The van der Waals surface area contributed by atoms with Crippen LogP contribution >= 0.6 is 0 Å². The van der Waals surface area contributed by atoms with Gasteiger partial charge in [0.05, 0.1) is 19.1 Å². The average Bonchev–Trinajstić information content (AvgIpc) is 2.70. The minimum Gasteiger partial charge on any atom is -0.496 e. The molecule has 0 saturated carbocycles. The summed E-state index contributed by atoms with van der Waals surface area (Å²) in [5.74, 6) is 1.63. The number of hydrogen-bond donors (Lipinski definition) is 0. The highest BCUT2D eigenvalue weighted by molar-refractivity contribution is 6.01. The summed E-state index contributed by atoms with van der Waals surface area (Å²) in [7, 11) is 1.64. The van der Waals surface area contributed by atoms with Crippen molar-refractivity contribution in [1.29, 1.82) is 0 Å². The quantitative estimate of drug-likeness (QED) is 0.345. The third-order valence-electron chi connectivity index (χ3n) is 6.48. The number of Topliss-reactive ketones (excluding diaryl/α,β-unsaturated/α-hetero) is 1. The maximum Gasteiger partial charge on any atom is 0.170 e. The topological polar surface area (TPSA) is 35.5 Å². The molecule has 1 aliphatic heterocycles. The number of ether oxygens (including phenoxy) is 2. The van der Waals surface area contributed by atoms with Gasteiger partial charge in [0.25, 0.3) is 0 Å². The van der Waals surface area contributed by atoms with Crippen molar-refractivity contribution in [2.75, 3.05) is 7.11 Å². The number of ketones is 1. The number of hydrogen-bond acceptors (Lipinski definition) is 3. The molecule has 3 heteroatoms. The minimum atomic E-state index is -0.464. The lowest BCUT2D eigenvalue weighted by molar-refractivity contribution is 0.0468. The lowest BCUT2D eigenvalue weighted by atomic mass is 9.86. The van der Waals surface area contributed by atoms with Crippen molar-refractivity contribution < 1.29 is 14.3 Å². The van der Waals surface area contributed by atoms with E-state index in [9.17, 15) is 4.79 Å². The molecule has 0 aliphatic carbocycles. The first kappa shape index (κ1) is 26.0. The molecule has 0 N–H and O–H groups in total. The molecule has 0 aromatic heterocycles. The van der Waals surface area contributed by atoms with Crippen LogP contribution in [0, 0.1) is 13.8 Å². The lowest BCUT2D eigenvalue weighted by Crippen LogP contribution is -2.39. The van der Waals surface area contributed by atoms with Gasteiger partial charge in [-0.05, 0) is 104 Å². The molecule has 32 heavy (non-hydrogen) atoms. The Hall–Kier alpha value is -2.29. The lowest BCUT2D eigenvalue weighted by Gasteiger charge is -2.36. The molecule has 3 nitrogen and oxygen atoms in total. The Morgan fingerprint density at radius 3 is 2.19 bits per heavy atom. The van der Waals surface area contributed by atoms with Crippen molar-refractivity contribution in [1.82, 2.24) is 0 Å². The van der Waals surface area contributed by atoms with E-state index in [4.69, 9.17) is 9.47 Å². The Labute approximate surface area is 195 Å². The molecule has 176 valence electrons. The summed E-state index contributed by atoms with van der Waals surface area (Å²) in [5.41, 5.74) is 6.48. The smallest absolute Gasteiger partial charge is 0.170 e. The predicted molar refractivity (Wildman–Crippen MR) is 135 cm³/mol. The highest BCUT2D eigenvalue weighted by Gasteiger charge is 2.37. The van der Waals surface area contributed by atoms with E-state index in [1.807, 2.05) is 19.9 Å². The van der Waals surface area contributed by atoms with Gasteiger partial charge in [-0.2, -0.15) is 0 Å². The van der Waals surface area contributed by atoms with Crippen LogP contribution in [0.3, 0.4) is 0 Å². The van der Waals surface area contributed by atoms with Crippen molar-refractivity contribution in [2.45, 2.75) is 99.0 Å². The molecule has 1 unspecified atom stereocenters. The molecule has 0 fully saturated rings. The molecule has 0 saturated heterocycles. The third kappa shape index (κ3) is 7.12. The summed E-state index contributed by atoms with van der Waals surface area (Å²) < 4.78 is 11.9. The number of carbonyl (C=O) groups is 1. The normalized spacial score (nSPS) is 18.8. The van der Waals surface area contributed by atoms with Crippen LogP contribution in [-0.4, -0.2) is 18.5 Å². The standard InChI is InChI=1S/C29H42O3/c1-20(2)12-9-13-21(3)14-10-15-22(4)16-11-17-29(7)19-26(30)25-18-27(31-8)23(5)24(6)28(25)32-29/h12,14,16,18H,9-11,13,15,17,19H2,1-8H3/b21-14+,22-16+. The van der Waals surface area contributed by atoms with Gasteiger partial charge < -0.3 is 9.47 Å². The summed E-state index contributed by atoms with van der Waals surface area (Å²) in [4.78, 5) is 12.9. The van der Waals surface area contributed by atoms with Crippen LogP contribution in [0.25, 0.3) is 0 Å². The monoisotopic (exact) mass is 438 g/mol. The van der Waals surface area contributed by atoms with Gasteiger partial charge in [0.15, 0.2) is 5.78 Å². The second-order valence-electron chi connectivity index (χ2n) is 9.86. The summed E-state index contributed by atoms with van der Waals surface area (Å²) >= 11 is 0. The number of fused-ring (bicyclic) bond motifs is 1. The fraction of sp³-hybridized carbons (Fsp3) is 0.552. The van der Waals surface area contributed by atoms with E-state index in [0.717, 1.165) is 61.2 Å². The molecule has 0 radical (unpaired) electrons. The molecule has 0 amide bonds. The van der Waals surface area contributed by atoms with Gasteiger partial charge in [-0.25, -0.2) is 0 Å². The number of allylic oxidation sites excluding steroid dienone is 6. The van der Waals surface area contributed by atoms with E-state index in [1.54, 1.807) is 7.11 Å². The molecule has 1 heterocycles. The molecule has 1 atom stereocenters. The first-order chi connectivity index (χ1) is 15.1. The fourth-order valence-electron chi connectivity index (χ4n) is 4.23. The van der Waals surface area contributed by atoms with Gasteiger partial charge in [-0.3, -0.25) is 4.79 Å². The Bertz CT molecular complexity index is 913. The van der Waals surface area contributed by atoms with Crippen LogP contribution in [0.2, 0.25) is 0 Å². The van der Waals surface area contributed by atoms with Gasteiger partial charge in [0.1, 0.15) is 17.1 Å². The third-order valence-corrected chi connectivity index (χ3v) is 6.48. The zero-order valence-corrected chi connectivity index (χ0v) is 21.5. The van der Waals surface area contributed by atoms with Crippen LogP contribution in [0.4, 0.5) is 0 Å². The number of benzene rings is 1. The van der Waals surface area contributed by atoms with Crippen molar-refractivity contribution in [3.8, 4) is 11.5 Å². The summed E-state index contributed by atoms with van der Waals surface area (Å²) in [6.45, 7) is 14.8. The van der Waals surface area contributed by atoms with E-state index in [0.29, 0.717) is 12.0 Å². The van der Waals surface area contributed by atoms with E-state index >= 15 is 0 Å². The molecule has 1 aliphatic rings. The maximum atomic E-state index is 12.9. The van der Waals surface area contributed by atoms with Crippen molar-refractivity contribution in [3.05, 3.63) is 57.7 Å². The summed E-state index contributed by atoms with van der Waals surface area (Å²) in [6.07, 6.45) is 13.6. The molecular formula is C29H42O3. The van der Waals surface area contributed by atoms with Crippen LogP contribution in [0.1, 0.15) is 101 Å². The van der Waals surface area contributed by atoms with Gasteiger partial charge in [0.2, 0.25) is 0 Å². The van der Waals surface area contributed by atoms with Gasteiger partial charge in [-0.1, -0.05) is 34.9 Å². The molecular weight excluding hydrogens is 396 g/mol. The van der Waals surface area contributed by atoms with Crippen LogP contribution in [-0.2, 0) is 0 Å². The second kappa shape index (κ2) is 11.5. The van der Waals surface area contributed by atoms with Gasteiger partial charge in [-0.15, -0.1) is 0 Å². The van der Waals surface area contributed by atoms with E-state index in [1.165, 1.54) is 16.7 Å². The molecule has 0 bridgehead atoms. The minimum absolute atomic E-state index is 0.143. The van der Waals surface area contributed by atoms with Crippen molar-refractivity contribution in [3.63, 3.8) is 0 Å². The Balaban J connectivity index is 1.92. The number of methoxy groups -OCH3 is 1. The maximum absolute atomic E-state index is 12.9. The second-order valence-corrected chi connectivity index (χ2v) is 9.86. The van der Waals surface area contributed by atoms with E-state index < -0.39 is 5.60 Å². The van der Waals surface area contributed by atoms with E-state index in [-0.39, 0.29) is 5.78 Å².